The van der Waals surface area contributed by atoms with E-state index in [4.69, 9.17) is 18.6 Å². The molecule has 0 radical (unpaired) electrons. The number of methoxy groups -OCH3 is 1. The summed E-state index contributed by atoms with van der Waals surface area (Å²) in [7, 11) is 1.32. The highest BCUT2D eigenvalue weighted by molar-refractivity contribution is 5.70. The van der Waals surface area contributed by atoms with Gasteiger partial charge in [-0.1, -0.05) is 5.57 Å². The van der Waals surface area contributed by atoms with Crippen LogP contribution in [0.3, 0.4) is 0 Å². The molecule has 9 nitrogen and oxygen atoms in total. The molecule has 1 aromatic rings. The summed E-state index contributed by atoms with van der Waals surface area (Å²) in [5, 5.41) is 21.8. The molecule has 9 heteroatoms. The molecule has 11 atom stereocenters. The molecule has 0 amide bonds. The zero-order chi connectivity index (χ0) is 25.0. The lowest BCUT2D eigenvalue weighted by molar-refractivity contribution is -0.211. The lowest BCUT2D eigenvalue weighted by atomic mass is 9.53. The van der Waals surface area contributed by atoms with E-state index in [1.807, 2.05) is 6.07 Å². The van der Waals surface area contributed by atoms with Crippen LogP contribution in [0.2, 0.25) is 0 Å². The second-order valence-electron chi connectivity index (χ2n) is 10.4. The van der Waals surface area contributed by atoms with E-state index in [9.17, 15) is 24.6 Å². The fourth-order valence-electron chi connectivity index (χ4n) is 7.50. The van der Waals surface area contributed by atoms with Crippen LogP contribution in [-0.4, -0.2) is 66.1 Å². The summed E-state index contributed by atoms with van der Waals surface area (Å²) in [4.78, 5) is 36.9. The number of aliphatic hydroxyl groups is 2. The van der Waals surface area contributed by atoms with E-state index in [0.29, 0.717) is 12.7 Å². The lowest BCUT2D eigenvalue weighted by Gasteiger charge is -2.54. The summed E-state index contributed by atoms with van der Waals surface area (Å²) in [6, 6.07) is 1.93. The highest BCUT2D eigenvalue weighted by Crippen LogP contribution is 2.60. The summed E-state index contributed by atoms with van der Waals surface area (Å²) >= 11 is 0. The van der Waals surface area contributed by atoms with Crippen LogP contribution in [0.4, 0.5) is 0 Å². The quantitative estimate of drug-likeness (QED) is 0.361. The highest BCUT2D eigenvalue weighted by atomic mass is 16.6. The van der Waals surface area contributed by atoms with Crippen molar-refractivity contribution in [2.75, 3.05) is 7.11 Å². The van der Waals surface area contributed by atoms with Gasteiger partial charge in [0.2, 0.25) is 0 Å². The Balaban J connectivity index is 1.63. The van der Waals surface area contributed by atoms with Crippen molar-refractivity contribution in [1.29, 1.82) is 0 Å². The summed E-state index contributed by atoms with van der Waals surface area (Å²) < 4.78 is 22.7. The molecule has 2 N–H and O–H groups in total. The molecule has 3 aliphatic carbocycles. The number of carbonyl (C=O) groups is 3. The molecule has 0 aromatic carbocycles. The number of esters is 2. The van der Waals surface area contributed by atoms with E-state index in [1.54, 1.807) is 12.5 Å². The fraction of sp³-hybridized carbons (Fsp3) is 0.654. The van der Waals surface area contributed by atoms with Crippen molar-refractivity contribution in [3.63, 3.8) is 0 Å². The fourth-order valence-corrected chi connectivity index (χ4v) is 7.50. The Morgan fingerprint density at radius 3 is 2.60 bits per heavy atom. The molecular weight excluding hydrogens is 456 g/mol. The first-order valence-electron chi connectivity index (χ1n) is 12.2. The van der Waals surface area contributed by atoms with Crippen LogP contribution in [-0.2, 0) is 28.6 Å². The number of hydrogen-bond donors (Lipinski definition) is 2. The standard InChI is InChI=1S/C26H32O9/c1-11-14(13-4-5-33-10-13)6-19-21(11)23-15(7-20(31)32-3)22-18(30)8-17(29)16(9-27)24(22)25(26(23)35-19)34-12(2)28/h4-5,9-10,14-19,22-26,29-30H,6-8H2,1-3H3/t14-,15-,16-,17-,18+,19-,22?,23?,24+,25-,26+/m1/s1. The van der Waals surface area contributed by atoms with Crippen molar-refractivity contribution in [1.82, 2.24) is 0 Å². The van der Waals surface area contributed by atoms with E-state index in [0.717, 1.165) is 16.7 Å². The molecule has 2 unspecified atom stereocenters. The molecule has 1 aliphatic heterocycles. The number of allylic oxidation sites excluding steroid dienone is 1. The number of aldehydes is 1. The van der Waals surface area contributed by atoms with Gasteiger partial charge in [0.05, 0.1) is 37.9 Å². The van der Waals surface area contributed by atoms with E-state index in [1.165, 1.54) is 14.0 Å². The van der Waals surface area contributed by atoms with Gasteiger partial charge in [-0.25, -0.2) is 0 Å². The maximum atomic E-state index is 12.6. The topological polar surface area (TPSA) is 133 Å². The van der Waals surface area contributed by atoms with E-state index in [2.05, 4.69) is 6.92 Å². The normalized spacial score (nSPS) is 42.1. The van der Waals surface area contributed by atoms with Crippen LogP contribution in [0.15, 0.2) is 34.2 Å². The van der Waals surface area contributed by atoms with Crippen molar-refractivity contribution >= 4 is 18.2 Å². The molecule has 35 heavy (non-hydrogen) atoms. The summed E-state index contributed by atoms with van der Waals surface area (Å²) in [6.07, 6.45) is 0.993. The van der Waals surface area contributed by atoms with Crippen LogP contribution >= 0.6 is 0 Å². The average molecular weight is 489 g/mol. The molecule has 5 rings (SSSR count). The predicted octanol–water partition coefficient (Wildman–Crippen LogP) is 1.76. The molecule has 1 saturated heterocycles. The van der Waals surface area contributed by atoms with E-state index in [-0.39, 0.29) is 30.8 Å². The van der Waals surface area contributed by atoms with Gasteiger partial charge in [-0.3, -0.25) is 9.59 Å². The van der Waals surface area contributed by atoms with Crippen LogP contribution in [0.1, 0.15) is 44.6 Å². The first-order chi connectivity index (χ1) is 16.8. The number of ether oxygens (including phenoxy) is 3. The summed E-state index contributed by atoms with van der Waals surface area (Å²) in [5.41, 5.74) is 3.23. The Morgan fingerprint density at radius 2 is 1.97 bits per heavy atom. The van der Waals surface area contributed by atoms with Gasteiger partial charge in [0.1, 0.15) is 18.5 Å². The minimum Gasteiger partial charge on any atom is -0.472 e. The van der Waals surface area contributed by atoms with Crippen molar-refractivity contribution in [2.45, 2.75) is 69.5 Å². The predicted molar refractivity (Wildman–Crippen MR) is 120 cm³/mol. The Kier molecular flexibility index (Phi) is 6.35. The van der Waals surface area contributed by atoms with Crippen molar-refractivity contribution < 1.29 is 43.2 Å². The third-order valence-electron chi connectivity index (χ3n) is 8.76. The Bertz CT molecular complexity index is 1010. The van der Waals surface area contributed by atoms with Gasteiger partial charge in [-0.15, -0.1) is 0 Å². The third kappa shape index (κ3) is 3.84. The SMILES string of the molecule is COC(=O)C[C@@H]1C2[C@H]([C@H](C=O)[C@H](O)C[C@@H]2O)[C@@H](OC(C)=O)[C@H]2O[C@@H]3C[C@@H](c4ccoc4)C(C)=C3C12. The van der Waals surface area contributed by atoms with Crippen molar-refractivity contribution in [2.24, 2.45) is 29.6 Å². The smallest absolute Gasteiger partial charge is 0.305 e. The number of aliphatic hydroxyl groups excluding tert-OH is 2. The number of fused-ring (bicyclic) bond motifs is 4. The highest BCUT2D eigenvalue weighted by Gasteiger charge is 2.65. The molecular formula is C26H32O9. The zero-order valence-corrected chi connectivity index (χ0v) is 20.0. The summed E-state index contributed by atoms with van der Waals surface area (Å²) in [6.45, 7) is 3.35. The van der Waals surface area contributed by atoms with E-state index >= 15 is 0 Å². The molecule has 3 fully saturated rings. The van der Waals surface area contributed by atoms with Gasteiger partial charge in [-0.2, -0.15) is 0 Å². The maximum absolute atomic E-state index is 12.6. The van der Waals surface area contributed by atoms with E-state index < -0.39 is 60.0 Å². The van der Waals surface area contributed by atoms with Crippen molar-refractivity contribution in [3.05, 3.63) is 35.3 Å². The van der Waals surface area contributed by atoms with Gasteiger partial charge >= 0.3 is 11.9 Å². The molecule has 0 spiro atoms. The van der Waals surface area contributed by atoms with Gasteiger partial charge in [0.15, 0.2) is 0 Å². The van der Waals surface area contributed by atoms with Crippen LogP contribution in [0, 0.1) is 29.6 Å². The van der Waals surface area contributed by atoms with Gasteiger partial charge in [0, 0.05) is 43.4 Å². The molecule has 2 heterocycles. The minimum atomic E-state index is -1.08. The largest absolute Gasteiger partial charge is 0.472 e. The molecule has 190 valence electrons. The van der Waals surface area contributed by atoms with Crippen LogP contribution < -0.4 is 0 Å². The maximum Gasteiger partial charge on any atom is 0.305 e. The zero-order valence-electron chi connectivity index (χ0n) is 20.0. The number of hydrogen-bond acceptors (Lipinski definition) is 9. The second kappa shape index (κ2) is 9.19. The van der Waals surface area contributed by atoms with Gasteiger partial charge < -0.3 is 33.6 Å². The van der Waals surface area contributed by atoms with Crippen LogP contribution in [0.25, 0.3) is 0 Å². The first kappa shape index (κ1) is 24.2. The van der Waals surface area contributed by atoms with Crippen LogP contribution in [0.5, 0.6) is 0 Å². The number of furan rings is 1. The Morgan fingerprint density at radius 1 is 1.20 bits per heavy atom. The number of carbonyl (C=O) groups excluding carboxylic acids is 3. The molecule has 4 aliphatic rings. The molecule has 2 saturated carbocycles. The van der Waals surface area contributed by atoms with Crippen molar-refractivity contribution in [3.8, 4) is 0 Å². The number of rotatable bonds is 5. The Hall–Kier alpha value is -2.49. The third-order valence-corrected chi connectivity index (χ3v) is 8.76. The average Bonchev–Trinajstić information content (AvgIpc) is 3.52. The molecule has 0 bridgehead atoms. The van der Waals surface area contributed by atoms with Gasteiger partial charge in [0.25, 0.3) is 0 Å². The van der Waals surface area contributed by atoms with Gasteiger partial charge in [-0.05, 0) is 42.4 Å². The summed E-state index contributed by atoms with van der Waals surface area (Å²) in [5.74, 6) is -3.67. The minimum absolute atomic E-state index is 0.00633. The second-order valence-corrected chi connectivity index (χ2v) is 10.4. The first-order valence-corrected chi connectivity index (χ1v) is 12.2. The molecule has 1 aromatic heterocycles. The Labute approximate surface area is 203 Å². The monoisotopic (exact) mass is 488 g/mol. The lowest BCUT2D eigenvalue weighted by Crippen LogP contribution is -2.63.